The SMILES string of the molecule is CCOCCn1c(=NC(=O)COc2ccc(Cl)cc2)sc2c(C)cc(C)cc21. The Kier molecular flexibility index (Phi) is 6.88. The zero-order valence-corrected chi connectivity index (χ0v) is 17.8. The number of fused-ring (bicyclic) bond motifs is 1. The highest BCUT2D eigenvalue weighted by atomic mass is 35.5. The number of ether oxygens (including phenoxy) is 2. The van der Waals surface area contributed by atoms with E-state index in [9.17, 15) is 4.79 Å². The summed E-state index contributed by atoms with van der Waals surface area (Å²) in [6, 6.07) is 11.2. The standard InChI is InChI=1S/C21H23ClN2O3S/c1-4-26-10-9-24-18-12-14(2)11-15(3)20(18)28-21(24)23-19(25)13-27-17-7-5-16(22)6-8-17/h5-8,11-12H,4,9-10,13H2,1-3H3. The monoisotopic (exact) mass is 418 g/mol. The van der Waals surface area contributed by atoms with Crippen molar-refractivity contribution in [2.75, 3.05) is 19.8 Å². The van der Waals surface area contributed by atoms with Crippen molar-refractivity contribution < 1.29 is 14.3 Å². The molecule has 0 bridgehead atoms. The number of hydrogen-bond acceptors (Lipinski definition) is 4. The van der Waals surface area contributed by atoms with Crippen molar-refractivity contribution >= 4 is 39.1 Å². The van der Waals surface area contributed by atoms with E-state index >= 15 is 0 Å². The molecule has 0 atom stereocenters. The molecule has 0 radical (unpaired) electrons. The van der Waals surface area contributed by atoms with E-state index in [-0.39, 0.29) is 12.5 Å². The number of carbonyl (C=O) groups excluding carboxylic acids is 1. The Balaban J connectivity index is 1.88. The lowest BCUT2D eigenvalue weighted by atomic mass is 10.1. The van der Waals surface area contributed by atoms with Crippen molar-refractivity contribution in [3.05, 3.63) is 57.3 Å². The summed E-state index contributed by atoms with van der Waals surface area (Å²) in [5, 5.41) is 0.620. The summed E-state index contributed by atoms with van der Waals surface area (Å²) in [6.07, 6.45) is 0. The summed E-state index contributed by atoms with van der Waals surface area (Å²) in [7, 11) is 0. The van der Waals surface area contributed by atoms with Crippen LogP contribution in [0.2, 0.25) is 5.02 Å². The van der Waals surface area contributed by atoms with E-state index in [1.165, 1.54) is 22.5 Å². The smallest absolute Gasteiger partial charge is 0.286 e. The lowest BCUT2D eigenvalue weighted by Gasteiger charge is -2.07. The number of rotatable bonds is 7. The minimum absolute atomic E-state index is 0.126. The second-order valence-electron chi connectivity index (χ2n) is 6.41. The molecule has 7 heteroatoms. The molecule has 0 aliphatic carbocycles. The molecule has 5 nitrogen and oxygen atoms in total. The molecular weight excluding hydrogens is 396 g/mol. The van der Waals surface area contributed by atoms with Crippen molar-refractivity contribution in [3.63, 3.8) is 0 Å². The second-order valence-corrected chi connectivity index (χ2v) is 7.83. The molecule has 1 aromatic heterocycles. The molecule has 1 heterocycles. The van der Waals surface area contributed by atoms with E-state index in [1.807, 2.05) is 6.92 Å². The lowest BCUT2D eigenvalue weighted by Crippen LogP contribution is -2.21. The molecule has 3 aromatic rings. The van der Waals surface area contributed by atoms with Crippen LogP contribution in [0, 0.1) is 13.8 Å². The molecule has 0 aliphatic heterocycles. The first-order valence-corrected chi connectivity index (χ1v) is 10.3. The van der Waals surface area contributed by atoms with Gasteiger partial charge in [-0.1, -0.05) is 29.0 Å². The van der Waals surface area contributed by atoms with Gasteiger partial charge in [0.25, 0.3) is 5.91 Å². The number of carbonyl (C=O) groups is 1. The van der Waals surface area contributed by atoms with Gasteiger partial charge in [0.1, 0.15) is 5.75 Å². The zero-order chi connectivity index (χ0) is 20.1. The second kappa shape index (κ2) is 9.37. The number of aryl methyl sites for hydroxylation is 2. The molecule has 0 spiro atoms. The maximum absolute atomic E-state index is 12.4. The van der Waals surface area contributed by atoms with Crippen molar-refractivity contribution in [1.29, 1.82) is 0 Å². The summed E-state index contributed by atoms with van der Waals surface area (Å²) < 4.78 is 14.2. The molecule has 0 fully saturated rings. The van der Waals surface area contributed by atoms with Crippen LogP contribution < -0.4 is 9.54 Å². The van der Waals surface area contributed by atoms with Gasteiger partial charge in [-0.05, 0) is 62.2 Å². The third-order valence-corrected chi connectivity index (χ3v) is 5.66. The van der Waals surface area contributed by atoms with Crippen LogP contribution in [0.5, 0.6) is 5.75 Å². The average Bonchev–Trinajstić information content (AvgIpc) is 2.99. The van der Waals surface area contributed by atoms with Crippen LogP contribution in [0.25, 0.3) is 10.2 Å². The Morgan fingerprint density at radius 1 is 1.21 bits per heavy atom. The van der Waals surface area contributed by atoms with E-state index in [1.54, 1.807) is 24.3 Å². The van der Waals surface area contributed by atoms with Crippen LogP contribution in [-0.2, 0) is 16.1 Å². The minimum Gasteiger partial charge on any atom is -0.484 e. The fraction of sp³-hybridized carbons (Fsp3) is 0.333. The number of thiazole rings is 1. The molecular formula is C21H23ClN2O3S. The summed E-state index contributed by atoms with van der Waals surface area (Å²) in [5.74, 6) is 0.251. The van der Waals surface area contributed by atoms with Gasteiger partial charge in [-0.25, -0.2) is 0 Å². The third kappa shape index (κ3) is 5.01. The molecule has 0 aliphatic rings. The fourth-order valence-electron chi connectivity index (χ4n) is 2.93. The van der Waals surface area contributed by atoms with Gasteiger partial charge >= 0.3 is 0 Å². The van der Waals surface area contributed by atoms with E-state index in [4.69, 9.17) is 21.1 Å². The van der Waals surface area contributed by atoms with Crippen molar-refractivity contribution in [1.82, 2.24) is 4.57 Å². The van der Waals surface area contributed by atoms with Crippen molar-refractivity contribution in [2.24, 2.45) is 4.99 Å². The van der Waals surface area contributed by atoms with Crippen LogP contribution in [0.15, 0.2) is 41.4 Å². The maximum Gasteiger partial charge on any atom is 0.286 e. The molecule has 148 valence electrons. The largest absolute Gasteiger partial charge is 0.484 e. The summed E-state index contributed by atoms with van der Waals surface area (Å²) >= 11 is 7.38. The van der Waals surface area contributed by atoms with Gasteiger partial charge in [-0.15, -0.1) is 0 Å². The topological polar surface area (TPSA) is 52.8 Å². The van der Waals surface area contributed by atoms with E-state index in [0.29, 0.717) is 35.3 Å². The van der Waals surface area contributed by atoms with E-state index in [2.05, 4.69) is 35.5 Å². The fourth-order valence-corrected chi connectivity index (χ4v) is 4.18. The van der Waals surface area contributed by atoms with Crippen molar-refractivity contribution in [3.8, 4) is 5.75 Å². The number of benzene rings is 2. The normalized spacial score (nSPS) is 11.9. The highest BCUT2D eigenvalue weighted by Gasteiger charge is 2.11. The highest BCUT2D eigenvalue weighted by molar-refractivity contribution is 7.16. The van der Waals surface area contributed by atoms with Gasteiger partial charge in [-0.2, -0.15) is 4.99 Å². The van der Waals surface area contributed by atoms with Crippen LogP contribution in [0.3, 0.4) is 0 Å². The zero-order valence-electron chi connectivity index (χ0n) is 16.2. The summed E-state index contributed by atoms with van der Waals surface area (Å²) in [5.41, 5.74) is 3.43. The van der Waals surface area contributed by atoms with Gasteiger partial charge in [-0.3, -0.25) is 4.79 Å². The average molecular weight is 419 g/mol. The first kappa shape index (κ1) is 20.6. The predicted molar refractivity (Wildman–Crippen MR) is 113 cm³/mol. The molecule has 1 amide bonds. The third-order valence-electron chi connectivity index (χ3n) is 4.17. The van der Waals surface area contributed by atoms with Gasteiger partial charge in [0.05, 0.1) is 16.8 Å². The Hall–Kier alpha value is -2.15. The molecule has 0 saturated heterocycles. The highest BCUT2D eigenvalue weighted by Crippen LogP contribution is 2.23. The lowest BCUT2D eigenvalue weighted by molar-refractivity contribution is -0.120. The van der Waals surface area contributed by atoms with Gasteiger partial charge in [0.2, 0.25) is 0 Å². The Morgan fingerprint density at radius 3 is 2.68 bits per heavy atom. The number of nitrogens with zero attached hydrogens (tertiary/aromatic N) is 2. The van der Waals surface area contributed by atoms with Crippen LogP contribution in [0.4, 0.5) is 0 Å². The Bertz CT molecular complexity index is 1040. The molecule has 0 saturated carbocycles. The number of halogens is 1. The van der Waals surface area contributed by atoms with Crippen LogP contribution in [-0.4, -0.2) is 30.3 Å². The molecule has 0 unspecified atom stereocenters. The van der Waals surface area contributed by atoms with Crippen LogP contribution in [0.1, 0.15) is 18.1 Å². The Morgan fingerprint density at radius 2 is 1.96 bits per heavy atom. The molecule has 0 N–H and O–H groups in total. The minimum atomic E-state index is -0.332. The summed E-state index contributed by atoms with van der Waals surface area (Å²) in [4.78, 5) is 17.4. The summed E-state index contributed by atoms with van der Waals surface area (Å²) in [6.45, 7) is 7.85. The van der Waals surface area contributed by atoms with Crippen LogP contribution >= 0.6 is 22.9 Å². The van der Waals surface area contributed by atoms with Gasteiger partial charge < -0.3 is 14.0 Å². The number of amides is 1. The Labute approximate surface area is 173 Å². The quantitative estimate of drug-likeness (QED) is 0.530. The predicted octanol–water partition coefficient (Wildman–Crippen LogP) is 4.52. The van der Waals surface area contributed by atoms with Gasteiger partial charge in [0, 0.05) is 18.2 Å². The van der Waals surface area contributed by atoms with Crippen molar-refractivity contribution in [2.45, 2.75) is 27.3 Å². The molecule has 3 rings (SSSR count). The first-order valence-electron chi connectivity index (χ1n) is 9.12. The van der Waals surface area contributed by atoms with E-state index in [0.717, 1.165) is 10.2 Å². The van der Waals surface area contributed by atoms with Gasteiger partial charge in [0.15, 0.2) is 11.4 Å². The maximum atomic E-state index is 12.4. The van der Waals surface area contributed by atoms with E-state index < -0.39 is 0 Å². The first-order chi connectivity index (χ1) is 13.5. The molecule has 28 heavy (non-hydrogen) atoms. The number of aromatic nitrogens is 1. The number of hydrogen-bond donors (Lipinski definition) is 0. The molecule has 2 aromatic carbocycles.